The highest BCUT2D eigenvalue weighted by Crippen LogP contribution is 2.21. The molecule has 7 nitrogen and oxygen atoms in total. The molecule has 3 aromatic heterocycles. The Morgan fingerprint density at radius 3 is 2.88 bits per heavy atom. The summed E-state index contributed by atoms with van der Waals surface area (Å²) in [6.45, 7) is 4.53. The molecule has 24 heavy (non-hydrogen) atoms. The molecule has 0 radical (unpaired) electrons. The highest BCUT2D eigenvalue weighted by Gasteiger charge is 2.20. The first-order chi connectivity index (χ1) is 11.5. The number of fused-ring (bicyclic) bond motifs is 1. The molecule has 0 atom stereocenters. The van der Waals surface area contributed by atoms with Gasteiger partial charge in [0.1, 0.15) is 11.3 Å². The number of nitrogens with one attached hydrogen (secondary N) is 1. The molecule has 0 saturated carbocycles. The van der Waals surface area contributed by atoms with Gasteiger partial charge in [0.05, 0.1) is 18.4 Å². The van der Waals surface area contributed by atoms with E-state index in [4.69, 9.17) is 0 Å². The average Bonchev–Trinajstić information content (AvgIpc) is 3.18. The third-order valence-corrected chi connectivity index (χ3v) is 3.55. The van der Waals surface area contributed by atoms with Gasteiger partial charge in [-0.3, -0.25) is 9.48 Å². The van der Waals surface area contributed by atoms with Crippen molar-refractivity contribution in [2.45, 2.75) is 33.4 Å². The fourth-order valence-corrected chi connectivity index (χ4v) is 2.37. The quantitative estimate of drug-likeness (QED) is 0.775. The van der Waals surface area contributed by atoms with Crippen molar-refractivity contribution in [3.63, 3.8) is 0 Å². The van der Waals surface area contributed by atoms with Gasteiger partial charge in [-0.2, -0.15) is 10.2 Å². The maximum atomic E-state index is 13.1. The molecule has 3 rings (SSSR count). The van der Waals surface area contributed by atoms with Crippen LogP contribution in [0.15, 0.2) is 24.5 Å². The number of aromatic nitrogens is 5. The molecule has 0 bridgehead atoms. The lowest BCUT2D eigenvalue weighted by molar-refractivity contribution is 0.0951. The van der Waals surface area contributed by atoms with Gasteiger partial charge in [-0.15, -0.1) is 0 Å². The monoisotopic (exact) mass is 334 g/mol. The molecular weight excluding hydrogens is 318 g/mol. The van der Waals surface area contributed by atoms with Crippen LogP contribution in [0.1, 0.15) is 40.8 Å². The van der Waals surface area contributed by atoms with E-state index < -0.39 is 12.3 Å². The van der Waals surface area contributed by atoms with Crippen LogP contribution < -0.4 is 5.32 Å². The minimum atomic E-state index is -2.71. The third-order valence-electron chi connectivity index (χ3n) is 3.55. The number of nitrogens with zero attached hydrogens (tertiary/aromatic N) is 5. The molecule has 9 heteroatoms. The Balaban J connectivity index is 1.84. The van der Waals surface area contributed by atoms with Gasteiger partial charge in [0.25, 0.3) is 12.3 Å². The first-order valence-corrected chi connectivity index (χ1v) is 7.43. The van der Waals surface area contributed by atoms with Crippen molar-refractivity contribution in [2.24, 2.45) is 0 Å². The van der Waals surface area contributed by atoms with Gasteiger partial charge in [-0.05, 0) is 26.0 Å². The largest absolute Gasteiger partial charge is 0.346 e. The maximum absolute atomic E-state index is 13.1. The Hall–Kier alpha value is -2.84. The van der Waals surface area contributed by atoms with Crippen molar-refractivity contribution in [2.75, 3.05) is 0 Å². The Bertz CT molecular complexity index is 885. The summed E-state index contributed by atoms with van der Waals surface area (Å²) in [4.78, 5) is 16.5. The van der Waals surface area contributed by atoms with Gasteiger partial charge in [0.15, 0.2) is 5.65 Å². The Labute approximate surface area is 136 Å². The summed E-state index contributed by atoms with van der Waals surface area (Å²) in [5, 5.41) is 10.8. The van der Waals surface area contributed by atoms with Crippen LogP contribution in [0.2, 0.25) is 0 Å². The molecule has 126 valence electrons. The number of carbonyl (C=O) groups excluding carboxylic acids is 1. The smallest absolute Gasteiger partial charge is 0.280 e. The molecule has 0 saturated heterocycles. The predicted molar refractivity (Wildman–Crippen MR) is 81.8 cm³/mol. The number of hydrogen-bond acceptors (Lipinski definition) is 4. The van der Waals surface area contributed by atoms with Crippen LogP contribution >= 0.6 is 0 Å². The highest BCUT2D eigenvalue weighted by atomic mass is 19.3. The molecule has 0 spiro atoms. The molecule has 3 heterocycles. The second kappa shape index (κ2) is 6.34. The van der Waals surface area contributed by atoms with E-state index in [1.165, 1.54) is 12.3 Å². The van der Waals surface area contributed by atoms with E-state index in [9.17, 15) is 13.6 Å². The zero-order valence-corrected chi connectivity index (χ0v) is 13.2. The Morgan fingerprint density at radius 2 is 2.21 bits per heavy atom. The fraction of sp³-hybridized carbons (Fsp3) is 0.333. The number of carbonyl (C=O) groups is 1. The number of alkyl halides is 2. The minimum Gasteiger partial charge on any atom is -0.346 e. The predicted octanol–water partition coefficient (Wildman–Crippen LogP) is 2.12. The first-order valence-electron chi connectivity index (χ1n) is 7.43. The number of rotatable bonds is 5. The van der Waals surface area contributed by atoms with Crippen LogP contribution in [0.25, 0.3) is 5.65 Å². The van der Waals surface area contributed by atoms with Crippen LogP contribution in [0.5, 0.6) is 0 Å². The second-order valence-electron chi connectivity index (χ2n) is 5.26. The summed E-state index contributed by atoms with van der Waals surface area (Å²) >= 11 is 0. The summed E-state index contributed by atoms with van der Waals surface area (Å²) in [7, 11) is 0. The zero-order valence-electron chi connectivity index (χ0n) is 13.2. The van der Waals surface area contributed by atoms with Crippen LogP contribution in [0, 0.1) is 6.92 Å². The maximum Gasteiger partial charge on any atom is 0.280 e. The molecule has 3 aromatic rings. The molecule has 0 fully saturated rings. The molecule has 0 aliphatic heterocycles. The lowest BCUT2D eigenvalue weighted by Crippen LogP contribution is -2.23. The highest BCUT2D eigenvalue weighted by molar-refractivity contribution is 5.99. The SMILES string of the molecule is CCn1ccc(CNC(=O)c2cnn3c(C(F)F)cc(C)nc23)n1. The summed E-state index contributed by atoms with van der Waals surface area (Å²) in [5.74, 6) is -0.436. The molecular formula is C15H16F2N6O. The van der Waals surface area contributed by atoms with Gasteiger partial charge in [-0.1, -0.05) is 0 Å². The zero-order chi connectivity index (χ0) is 17.3. The fourth-order valence-electron chi connectivity index (χ4n) is 2.37. The van der Waals surface area contributed by atoms with E-state index in [-0.39, 0.29) is 23.4 Å². The van der Waals surface area contributed by atoms with Crippen molar-refractivity contribution in [3.8, 4) is 0 Å². The van der Waals surface area contributed by atoms with E-state index in [2.05, 4.69) is 20.5 Å². The summed E-state index contributed by atoms with van der Waals surface area (Å²) < 4.78 is 28.9. The third kappa shape index (κ3) is 2.97. The standard InChI is InChI=1S/C15H16F2N6O/c1-3-22-5-4-10(21-22)7-18-15(24)11-8-19-23-12(13(16)17)6-9(2)20-14(11)23/h4-6,8,13H,3,7H2,1-2H3,(H,18,24). The average molecular weight is 334 g/mol. The Kier molecular flexibility index (Phi) is 4.24. The van der Waals surface area contributed by atoms with Gasteiger partial charge in [0.2, 0.25) is 0 Å². The van der Waals surface area contributed by atoms with E-state index in [1.54, 1.807) is 17.7 Å². The second-order valence-corrected chi connectivity index (χ2v) is 5.26. The topological polar surface area (TPSA) is 77.1 Å². The first kappa shape index (κ1) is 16.0. The molecule has 0 unspecified atom stereocenters. The lowest BCUT2D eigenvalue weighted by Gasteiger charge is -2.06. The van der Waals surface area contributed by atoms with Crippen molar-refractivity contribution in [1.29, 1.82) is 0 Å². The van der Waals surface area contributed by atoms with Crippen LogP contribution in [0.4, 0.5) is 8.78 Å². The van der Waals surface area contributed by atoms with Crippen molar-refractivity contribution in [1.82, 2.24) is 29.7 Å². The van der Waals surface area contributed by atoms with Gasteiger partial charge in [0, 0.05) is 18.4 Å². The number of halogens is 2. The molecule has 0 aliphatic rings. The number of aryl methyl sites for hydroxylation is 2. The summed E-state index contributed by atoms with van der Waals surface area (Å²) in [6.07, 6.45) is 0.354. The van der Waals surface area contributed by atoms with Crippen LogP contribution in [0.3, 0.4) is 0 Å². The molecule has 1 amide bonds. The van der Waals surface area contributed by atoms with Gasteiger partial charge in [-0.25, -0.2) is 18.3 Å². The van der Waals surface area contributed by atoms with E-state index in [0.29, 0.717) is 11.4 Å². The normalized spacial score (nSPS) is 11.4. The minimum absolute atomic E-state index is 0.113. The van der Waals surface area contributed by atoms with Gasteiger partial charge >= 0.3 is 0 Å². The van der Waals surface area contributed by atoms with Crippen molar-refractivity contribution >= 4 is 11.6 Å². The van der Waals surface area contributed by atoms with E-state index >= 15 is 0 Å². The van der Waals surface area contributed by atoms with E-state index in [1.807, 2.05) is 13.1 Å². The van der Waals surface area contributed by atoms with Crippen molar-refractivity contribution < 1.29 is 13.6 Å². The molecule has 1 N–H and O–H groups in total. The summed E-state index contributed by atoms with van der Waals surface area (Å²) in [6, 6.07) is 3.06. The van der Waals surface area contributed by atoms with Crippen LogP contribution in [-0.2, 0) is 13.1 Å². The summed E-state index contributed by atoms with van der Waals surface area (Å²) in [5.41, 5.74) is 1.07. The van der Waals surface area contributed by atoms with E-state index in [0.717, 1.165) is 11.1 Å². The van der Waals surface area contributed by atoms with Gasteiger partial charge < -0.3 is 5.32 Å². The number of amides is 1. The van der Waals surface area contributed by atoms with Crippen molar-refractivity contribution in [3.05, 3.63) is 47.2 Å². The molecule has 0 aromatic carbocycles. The Morgan fingerprint density at radius 1 is 1.42 bits per heavy atom. The van der Waals surface area contributed by atoms with Crippen LogP contribution in [-0.4, -0.2) is 30.3 Å². The lowest BCUT2D eigenvalue weighted by atomic mass is 10.3. The number of hydrogen-bond donors (Lipinski definition) is 1. The molecule has 0 aliphatic carbocycles.